The summed E-state index contributed by atoms with van der Waals surface area (Å²) in [4.78, 5) is 40.8. The molecular formula is C31H35N3O7. The molecule has 2 aliphatic rings. The van der Waals surface area contributed by atoms with Gasteiger partial charge in [-0.05, 0) is 62.6 Å². The molecule has 2 N–H and O–H groups in total. The van der Waals surface area contributed by atoms with E-state index in [1.807, 2.05) is 31.2 Å². The van der Waals surface area contributed by atoms with E-state index in [-0.39, 0.29) is 30.2 Å². The van der Waals surface area contributed by atoms with Crippen LogP contribution in [0.1, 0.15) is 57.1 Å². The molecular weight excluding hydrogens is 526 g/mol. The molecule has 41 heavy (non-hydrogen) atoms. The Balaban J connectivity index is 1.36. The zero-order valence-corrected chi connectivity index (χ0v) is 23.5. The predicted molar refractivity (Wildman–Crippen MR) is 150 cm³/mol. The van der Waals surface area contributed by atoms with Gasteiger partial charge < -0.3 is 34.2 Å². The number of nitrogens with one attached hydrogen (secondary N) is 2. The van der Waals surface area contributed by atoms with Gasteiger partial charge in [-0.1, -0.05) is 12.1 Å². The highest BCUT2D eigenvalue weighted by molar-refractivity contribution is 5.96. The second-order valence-electron chi connectivity index (χ2n) is 10.4. The van der Waals surface area contributed by atoms with Crippen LogP contribution in [0.4, 0.5) is 0 Å². The number of nitrogens with zero attached hydrogens (tertiary/aromatic N) is 1. The Hall–Kier alpha value is -4.31. The molecule has 2 aliphatic heterocycles. The van der Waals surface area contributed by atoms with Crippen LogP contribution in [0.15, 0.2) is 52.9 Å². The molecule has 3 heterocycles. The van der Waals surface area contributed by atoms with E-state index >= 15 is 0 Å². The third-order valence-electron chi connectivity index (χ3n) is 7.30. The Morgan fingerprint density at radius 3 is 2.71 bits per heavy atom. The van der Waals surface area contributed by atoms with E-state index < -0.39 is 6.04 Å². The number of benzene rings is 2. The Labute approximate surface area is 238 Å². The number of hydrogen-bond acceptors (Lipinski definition) is 7. The van der Waals surface area contributed by atoms with E-state index in [1.165, 1.54) is 7.11 Å². The number of carbonyl (C=O) groups excluding carboxylic acids is 3. The summed E-state index contributed by atoms with van der Waals surface area (Å²) in [5.41, 5.74) is 1.81. The number of piperidine rings is 1. The molecule has 4 bridgehead atoms. The van der Waals surface area contributed by atoms with Gasteiger partial charge in [-0.25, -0.2) is 0 Å². The number of likely N-dealkylation sites (tertiary alicyclic amines) is 1. The van der Waals surface area contributed by atoms with Crippen molar-refractivity contribution in [1.29, 1.82) is 0 Å². The first-order valence-electron chi connectivity index (χ1n) is 13.8. The van der Waals surface area contributed by atoms with Gasteiger partial charge >= 0.3 is 0 Å². The normalized spacial score (nSPS) is 20.0. The number of fused-ring (bicyclic) bond motifs is 5. The monoisotopic (exact) mass is 561 g/mol. The van der Waals surface area contributed by atoms with Crippen LogP contribution in [-0.2, 0) is 16.1 Å². The average Bonchev–Trinajstić information content (AvgIpc) is 3.31. The first kappa shape index (κ1) is 28.2. The van der Waals surface area contributed by atoms with Gasteiger partial charge in [0, 0.05) is 37.7 Å². The van der Waals surface area contributed by atoms with Crippen LogP contribution < -0.4 is 20.1 Å². The fourth-order valence-electron chi connectivity index (χ4n) is 5.22. The molecule has 5 rings (SSSR count). The number of amides is 3. The van der Waals surface area contributed by atoms with Gasteiger partial charge in [0.25, 0.3) is 11.8 Å². The maximum Gasteiger partial charge on any atom is 0.257 e. The molecule has 3 amide bonds. The minimum Gasteiger partial charge on any atom is -0.497 e. The topological polar surface area (TPSA) is 119 Å². The molecule has 0 unspecified atom stereocenters. The van der Waals surface area contributed by atoms with E-state index in [9.17, 15) is 14.4 Å². The summed E-state index contributed by atoms with van der Waals surface area (Å²) in [5, 5.41) is 5.94. The maximum atomic E-state index is 13.3. The highest BCUT2D eigenvalue weighted by atomic mass is 16.5. The molecule has 10 heteroatoms. The third-order valence-corrected chi connectivity index (χ3v) is 7.30. The lowest BCUT2D eigenvalue weighted by atomic mass is 10.00. The summed E-state index contributed by atoms with van der Waals surface area (Å²) in [6.07, 6.45) is 0.931. The van der Waals surface area contributed by atoms with Gasteiger partial charge in [-0.3, -0.25) is 14.4 Å². The third kappa shape index (κ3) is 6.89. The number of aryl methyl sites for hydroxylation is 2. The molecule has 1 aromatic heterocycles. The van der Waals surface area contributed by atoms with E-state index in [1.54, 1.807) is 36.1 Å². The van der Waals surface area contributed by atoms with Gasteiger partial charge in [-0.2, -0.15) is 0 Å². The largest absolute Gasteiger partial charge is 0.497 e. The molecule has 0 radical (unpaired) electrons. The van der Waals surface area contributed by atoms with Crippen molar-refractivity contribution >= 4 is 17.7 Å². The second-order valence-corrected chi connectivity index (χ2v) is 10.4. The average molecular weight is 562 g/mol. The highest BCUT2D eigenvalue weighted by Gasteiger charge is 2.34. The standard InChI is InChI=1S/C31H35N3O7/c1-19-12-26(20(2)40-19)31(37)34-11-9-28-27(17-34)33-29(35)8-5-10-32-30(36)22-14-24(38-3)16-25(15-22)41-23-7-4-6-21(13-23)18-39-28/h4,6-7,12-16,27-28H,5,8-11,17-18H2,1-3H3,(H,32,36)(H,33,35)/t27-,28-/m0/s1. The number of hydrogen-bond donors (Lipinski definition) is 2. The highest BCUT2D eigenvalue weighted by Crippen LogP contribution is 2.29. The Morgan fingerprint density at radius 2 is 1.93 bits per heavy atom. The van der Waals surface area contributed by atoms with Gasteiger partial charge in [-0.15, -0.1) is 0 Å². The summed E-state index contributed by atoms with van der Waals surface area (Å²) in [6, 6.07) is 13.9. The molecule has 0 saturated carbocycles. The molecule has 1 fully saturated rings. The fraction of sp³-hybridized carbons (Fsp3) is 0.387. The first-order chi connectivity index (χ1) is 19.8. The lowest BCUT2D eigenvalue weighted by molar-refractivity contribution is -0.124. The van der Waals surface area contributed by atoms with Crippen molar-refractivity contribution in [2.45, 2.75) is 51.9 Å². The number of furan rings is 1. The summed E-state index contributed by atoms with van der Waals surface area (Å²) < 4.78 is 23.3. The molecule has 2 aromatic carbocycles. The Morgan fingerprint density at radius 1 is 1.07 bits per heavy atom. The van der Waals surface area contributed by atoms with Crippen molar-refractivity contribution in [3.8, 4) is 17.2 Å². The van der Waals surface area contributed by atoms with Crippen LogP contribution in [0.3, 0.4) is 0 Å². The van der Waals surface area contributed by atoms with Crippen molar-refractivity contribution < 1.29 is 33.0 Å². The van der Waals surface area contributed by atoms with Gasteiger partial charge in [0.05, 0.1) is 31.4 Å². The summed E-state index contributed by atoms with van der Waals surface area (Å²) in [5.74, 6) is 2.22. The number of methoxy groups -OCH3 is 1. The molecule has 3 aromatic rings. The summed E-state index contributed by atoms with van der Waals surface area (Å²) in [6.45, 7) is 5.01. The smallest absolute Gasteiger partial charge is 0.257 e. The predicted octanol–water partition coefficient (Wildman–Crippen LogP) is 4.14. The quantitative estimate of drug-likeness (QED) is 0.483. The zero-order chi connectivity index (χ0) is 28.9. The van der Waals surface area contributed by atoms with Gasteiger partial charge in [0.1, 0.15) is 28.8 Å². The van der Waals surface area contributed by atoms with Crippen molar-refractivity contribution in [2.75, 3.05) is 26.7 Å². The maximum absolute atomic E-state index is 13.3. The van der Waals surface area contributed by atoms with Crippen molar-refractivity contribution in [2.24, 2.45) is 0 Å². The van der Waals surface area contributed by atoms with Crippen LogP contribution in [-0.4, -0.2) is 61.5 Å². The molecule has 216 valence electrons. The number of rotatable bonds is 2. The van der Waals surface area contributed by atoms with Crippen LogP contribution >= 0.6 is 0 Å². The van der Waals surface area contributed by atoms with Crippen LogP contribution in [0.25, 0.3) is 0 Å². The minimum atomic E-state index is -0.395. The fourth-order valence-corrected chi connectivity index (χ4v) is 5.22. The second kappa shape index (κ2) is 12.5. The van der Waals surface area contributed by atoms with E-state index in [2.05, 4.69) is 10.6 Å². The van der Waals surface area contributed by atoms with Gasteiger partial charge in [0.2, 0.25) is 5.91 Å². The molecule has 2 atom stereocenters. The first-order valence-corrected chi connectivity index (χ1v) is 13.8. The molecule has 1 saturated heterocycles. The minimum absolute atomic E-state index is 0.126. The lowest BCUT2D eigenvalue weighted by Crippen LogP contribution is -2.57. The van der Waals surface area contributed by atoms with E-state index in [4.69, 9.17) is 18.6 Å². The molecule has 10 nitrogen and oxygen atoms in total. The summed E-state index contributed by atoms with van der Waals surface area (Å²) >= 11 is 0. The molecule has 0 aliphatic carbocycles. The van der Waals surface area contributed by atoms with Crippen molar-refractivity contribution in [3.05, 3.63) is 76.7 Å². The van der Waals surface area contributed by atoms with Crippen LogP contribution in [0.2, 0.25) is 0 Å². The zero-order valence-electron chi connectivity index (χ0n) is 23.5. The van der Waals surface area contributed by atoms with Crippen molar-refractivity contribution in [1.82, 2.24) is 15.5 Å². The lowest BCUT2D eigenvalue weighted by Gasteiger charge is -2.38. The van der Waals surface area contributed by atoms with Gasteiger partial charge in [0.15, 0.2) is 0 Å². The number of carbonyl (C=O) groups is 3. The summed E-state index contributed by atoms with van der Waals surface area (Å²) in [7, 11) is 1.53. The van der Waals surface area contributed by atoms with Crippen LogP contribution in [0, 0.1) is 13.8 Å². The Bertz CT molecular complexity index is 1430. The SMILES string of the molecule is COc1cc2cc(c1)C(=O)NCCCC(=O)N[C@H]1CN(C(=O)c3cc(C)oc3C)CC[C@@H]1OCc1cccc(c1)O2. The van der Waals surface area contributed by atoms with Crippen molar-refractivity contribution in [3.63, 3.8) is 0 Å². The Kier molecular flexibility index (Phi) is 8.58. The van der Waals surface area contributed by atoms with E-state index in [0.717, 1.165) is 5.56 Å². The van der Waals surface area contributed by atoms with E-state index in [0.29, 0.717) is 79.0 Å². The molecule has 0 spiro atoms. The number of ether oxygens (including phenoxy) is 3. The van der Waals surface area contributed by atoms with Crippen LogP contribution in [0.5, 0.6) is 17.2 Å².